The molecule has 2 aromatic rings. The first kappa shape index (κ1) is 19.4. The molecule has 2 heterocycles. The zero-order valence-electron chi connectivity index (χ0n) is 15.8. The first-order valence-electron chi connectivity index (χ1n) is 9.51. The lowest BCUT2D eigenvalue weighted by Gasteiger charge is -2.31. The SMILES string of the molecule is N#CCc1ccc(OC[C@@H](O)CN2C(=O)N[C@]3(CCCc4sccc43)C2=O)cc1. The number of β-amino-alcohol motifs (C(OH)–C–C–N with tert-alkyl or cyclic N) is 1. The van der Waals surface area contributed by atoms with Gasteiger partial charge in [0.15, 0.2) is 0 Å². The zero-order chi connectivity index (χ0) is 20.4. The molecule has 1 aromatic heterocycles. The van der Waals surface area contributed by atoms with Crippen LogP contribution in [0.5, 0.6) is 5.75 Å². The van der Waals surface area contributed by atoms with Gasteiger partial charge in [0, 0.05) is 10.4 Å². The van der Waals surface area contributed by atoms with Crippen LogP contribution in [0.4, 0.5) is 4.79 Å². The number of rotatable bonds is 6. The molecule has 2 atom stereocenters. The van der Waals surface area contributed by atoms with Crippen LogP contribution < -0.4 is 10.1 Å². The molecule has 2 N–H and O–H groups in total. The molecular weight excluding hydrogens is 390 g/mol. The number of fused-ring (bicyclic) bond motifs is 2. The minimum Gasteiger partial charge on any atom is -0.491 e. The normalized spacial score (nSPS) is 21.6. The molecule has 1 aliphatic carbocycles. The number of hydrogen-bond donors (Lipinski definition) is 2. The van der Waals surface area contributed by atoms with Crippen molar-refractivity contribution in [1.82, 2.24) is 10.2 Å². The van der Waals surface area contributed by atoms with E-state index >= 15 is 0 Å². The van der Waals surface area contributed by atoms with Crippen molar-refractivity contribution < 1.29 is 19.4 Å². The number of nitriles is 1. The predicted molar refractivity (Wildman–Crippen MR) is 106 cm³/mol. The van der Waals surface area contributed by atoms with Crippen LogP contribution in [-0.2, 0) is 23.2 Å². The molecule has 0 radical (unpaired) electrons. The molecule has 1 aliphatic heterocycles. The van der Waals surface area contributed by atoms with Crippen LogP contribution in [0.2, 0.25) is 0 Å². The molecule has 8 heteroatoms. The Balaban J connectivity index is 1.39. The summed E-state index contributed by atoms with van der Waals surface area (Å²) < 4.78 is 5.56. The summed E-state index contributed by atoms with van der Waals surface area (Å²) in [7, 11) is 0. The fourth-order valence-corrected chi connectivity index (χ4v) is 4.96. The van der Waals surface area contributed by atoms with Gasteiger partial charge in [0.25, 0.3) is 5.91 Å². The summed E-state index contributed by atoms with van der Waals surface area (Å²) in [5.41, 5.74) is 0.769. The van der Waals surface area contributed by atoms with E-state index in [1.165, 1.54) is 0 Å². The Morgan fingerprint density at radius 2 is 2.10 bits per heavy atom. The van der Waals surface area contributed by atoms with E-state index in [-0.39, 0.29) is 19.1 Å². The number of amides is 3. The summed E-state index contributed by atoms with van der Waals surface area (Å²) in [5.74, 6) is 0.247. The van der Waals surface area contributed by atoms with Crippen molar-refractivity contribution in [1.29, 1.82) is 5.26 Å². The van der Waals surface area contributed by atoms with Crippen LogP contribution in [0.3, 0.4) is 0 Å². The summed E-state index contributed by atoms with van der Waals surface area (Å²) in [5, 5.41) is 23.9. The van der Waals surface area contributed by atoms with Gasteiger partial charge in [-0.3, -0.25) is 9.69 Å². The van der Waals surface area contributed by atoms with E-state index in [1.54, 1.807) is 35.6 Å². The fraction of sp³-hybridized carbons (Fsp3) is 0.381. The van der Waals surface area contributed by atoms with Crippen molar-refractivity contribution in [3.8, 4) is 11.8 Å². The Morgan fingerprint density at radius 1 is 1.31 bits per heavy atom. The van der Waals surface area contributed by atoms with Crippen LogP contribution in [0, 0.1) is 11.3 Å². The maximum absolute atomic E-state index is 13.1. The first-order chi connectivity index (χ1) is 14.0. The predicted octanol–water partition coefficient (Wildman–Crippen LogP) is 2.34. The Morgan fingerprint density at radius 3 is 2.86 bits per heavy atom. The highest BCUT2D eigenvalue weighted by molar-refractivity contribution is 7.10. The van der Waals surface area contributed by atoms with Crippen molar-refractivity contribution in [3.05, 3.63) is 51.7 Å². The van der Waals surface area contributed by atoms with Crippen molar-refractivity contribution in [2.45, 2.75) is 37.3 Å². The van der Waals surface area contributed by atoms with E-state index in [4.69, 9.17) is 10.00 Å². The van der Waals surface area contributed by atoms with E-state index in [0.717, 1.165) is 33.7 Å². The van der Waals surface area contributed by atoms with Crippen LogP contribution >= 0.6 is 11.3 Å². The Hall–Kier alpha value is -2.89. The lowest BCUT2D eigenvalue weighted by Crippen LogP contribution is -2.46. The van der Waals surface area contributed by atoms with Crippen molar-refractivity contribution in [2.75, 3.05) is 13.2 Å². The van der Waals surface area contributed by atoms with E-state index < -0.39 is 17.7 Å². The van der Waals surface area contributed by atoms with E-state index in [0.29, 0.717) is 18.6 Å². The number of hydrogen-bond acceptors (Lipinski definition) is 6. The third-order valence-corrected chi connectivity index (χ3v) is 6.36. The van der Waals surface area contributed by atoms with Gasteiger partial charge in [-0.2, -0.15) is 5.26 Å². The van der Waals surface area contributed by atoms with Crippen LogP contribution in [0.25, 0.3) is 0 Å². The Kier molecular flexibility index (Phi) is 5.26. The average Bonchev–Trinajstić information content (AvgIpc) is 3.28. The Labute approximate surface area is 172 Å². The summed E-state index contributed by atoms with van der Waals surface area (Å²) in [4.78, 5) is 27.9. The molecule has 150 valence electrons. The summed E-state index contributed by atoms with van der Waals surface area (Å²) in [6.07, 6.45) is 1.63. The van der Waals surface area contributed by atoms with E-state index in [2.05, 4.69) is 11.4 Å². The molecule has 7 nitrogen and oxygen atoms in total. The monoisotopic (exact) mass is 411 g/mol. The van der Waals surface area contributed by atoms with Gasteiger partial charge in [0.2, 0.25) is 0 Å². The minimum atomic E-state index is -1.01. The first-order valence-corrected chi connectivity index (χ1v) is 10.4. The van der Waals surface area contributed by atoms with Gasteiger partial charge in [-0.05, 0) is 48.4 Å². The number of thiophene rings is 1. The second-order valence-electron chi connectivity index (χ2n) is 7.31. The highest BCUT2D eigenvalue weighted by Crippen LogP contribution is 2.42. The number of aliphatic hydroxyl groups excluding tert-OH is 1. The number of ether oxygens (including phenoxy) is 1. The number of nitrogens with one attached hydrogen (secondary N) is 1. The highest BCUT2D eigenvalue weighted by Gasteiger charge is 2.54. The lowest BCUT2D eigenvalue weighted by atomic mass is 9.80. The number of nitrogens with zero attached hydrogens (tertiary/aromatic N) is 2. The van der Waals surface area contributed by atoms with Gasteiger partial charge in [-0.25, -0.2) is 4.79 Å². The average molecular weight is 411 g/mol. The van der Waals surface area contributed by atoms with E-state index in [1.807, 2.05) is 11.4 Å². The van der Waals surface area contributed by atoms with Gasteiger partial charge < -0.3 is 15.2 Å². The number of aliphatic hydroxyl groups is 1. The summed E-state index contributed by atoms with van der Waals surface area (Å²) >= 11 is 1.61. The topological polar surface area (TPSA) is 103 Å². The van der Waals surface area contributed by atoms with Gasteiger partial charge in [0.1, 0.15) is 24.0 Å². The highest BCUT2D eigenvalue weighted by atomic mass is 32.1. The number of urea groups is 1. The number of aryl methyl sites for hydroxylation is 1. The molecule has 1 fully saturated rings. The molecule has 1 aromatic carbocycles. The van der Waals surface area contributed by atoms with Crippen LogP contribution in [-0.4, -0.2) is 41.2 Å². The van der Waals surface area contributed by atoms with Gasteiger partial charge in [-0.1, -0.05) is 12.1 Å². The molecular formula is C21H21N3O4S. The standard InChI is InChI=1S/C21H21N3O4S/c22-10-7-14-3-5-16(6-4-14)28-13-15(25)12-24-19(26)21(23-20(24)27)9-1-2-18-17(21)8-11-29-18/h3-6,8,11,15,25H,1-2,7,9,12-13H2,(H,23,27)/t15-,21-/m0/s1. The molecule has 2 aliphatic rings. The summed E-state index contributed by atoms with van der Waals surface area (Å²) in [6.45, 7) is -0.177. The van der Waals surface area contributed by atoms with Gasteiger partial charge in [-0.15, -0.1) is 11.3 Å². The molecule has 1 saturated heterocycles. The minimum absolute atomic E-state index is 0.0502. The molecule has 29 heavy (non-hydrogen) atoms. The summed E-state index contributed by atoms with van der Waals surface area (Å²) in [6, 6.07) is 10.5. The number of benzene rings is 1. The van der Waals surface area contributed by atoms with Crippen molar-refractivity contribution in [2.24, 2.45) is 0 Å². The second kappa shape index (κ2) is 7.85. The Bertz CT molecular complexity index is 965. The maximum Gasteiger partial charge on any atom is 0.325 e. The molecule has 4 rings (SSSR count). The number of carbonyl (C=O) groups is 2. The number of carbonyl (C=O) groups excluding carboxylic acids is 2. The fourth-order valence-electron chi connectivity index (χ4n) is 3.96. The maximum atomic E-state index is 13.1. The molecule has 3 amide bonds. The van der Waals surface area contributed by atoms with Gasteiger partial charge in [0.05, 0.1) is 19.0 Å². The number of imide groups is 1. The molecule has 0 saturated carbocycles. The van der Waals surface area contributed by atoms with Crippen molar-refractivity contribution in [3.63, 3.8) is 0 Å². The molecule has 0 bridgehead atoms. The smallest absolute Gasteiger partial charge is 0.325 e. The van der Waals surface area contributed by atoms with Crippen LogP contribution in [0.15, 0.2) is 35.7 Å². The zero-order valence-corrected chi connectivity index (χ0v) is 16.6. The third kappa shape index (κ3) is 3.59. The van der Waals surface area contributed by atoms with E-state index in [9.17, 15) is 14.7 Å². The molecule has 0 unspecified atom stereocenters. The second-order valence-corrected chi connectivity index (χ2v) is 8.31. The lowest BCUT2D eigenvalue weighted by molar-refractivity contribution is -0.133. The quantitative estimate of drug-likeness (QED) is 0.711. The third-order valence-electron chi connectivity index (χ3n) is 5.38. The van der Waals surface area contributed by atoms with Crippen molar-refractivity contribution >= 4 is 23.3 Å². The van der Waals surface area contributed by atoms with Gasteiger partial charge >= 0.3 is 6.03 Å². The largest absolute Gasteiger partial charge is 0.491 e. The van der Waals surface area contributed by atoms with Crippen LogP contribution in [0.1, 0.15) is 28.8 Å². The molecule has 1 spiro atoms.